The molecule has 24 heavy (non-hydrogen) atoms. The van der Waals surface area contributed by atoms with Crippen LogP contribution in [-0.2, 0) is 4.79 Å². The standard InChI is InChI=1S/C18H34N4O.HI/c1-5-13-19-18(20-14-17(23)22(3)4)21-15(2)11-12-16-9-7-6-8-10-16;/h5,15-16H,1,6-14H2,2-4H3,(H2,19,20,21);1H. The van der Waals surface area contributed by atoms with Crippen LogP contribution in [0.2, 0.25) is 0 Å². The van der Waals surface area contributed by atoms with E-state index < -0.39 is 0 Å². The number of amides is 1. The summed E-state index contributed by atoms with van der Waals surface area (Å²) in [6.07, 6.45) is 11.2. The molecule has 1 aliphatic carbocycles. The lowest BCUT2D eigenvalue weighted by atomic mass is 9.85. The molecule has 1 aliphatic rings. The molecule has 1 unspecified atom stereocenters. The molecule has 140 valence electrons. The number of likely N-dealkylation sites (N-methyl/N-ethyl adjacent to an activating group) is 1. The monoisotopic (exact) mass is 450 g/mol. The minimum Gasteiger partial charge on any atom is -0.354 e. The first kappa shape index (κ1) is 23.2. The van der Waals surface area contributed by atoms with Gasteiger partial charge in [0.25, 0.3) is 0 Å². The van der Waals surface area contributed by atoms with Crippen LogP contribution in [0.3, 0.4) is 0 Å². The van der Waals surface area contributed by atoms with Crippen LogP contribution < -0.4 is 10.6 Å². The fourth-order valence-corrected chi connectivity index (χ4v) is 2.88. The molecule has 1 fully saturated rings. The zero-order valence-electron chi connectivity index (χ0n) is 15.5. The van der Waals surface area contributed by atoms with E-state index in [4.69, 9.17) is 0 Å². The molecule has 5 nitrogen and oxygen atoms in total. The number of guanidine groups is 1. The number of hydrogen-bond donors (Lipinski definition) is 2. The summed E-state index contributed by atoms with van der Waals surface area (Å²) in [6, 6.07) is 0.349. The molecule has 0 aromatic rings. The van der Waals surface area contributed by atoms with Gasteiger partial charge in [-0.1, -0.05) is 38.2 Å². The van der Waals surface area contributed by atoms with Crippen molar-refractivity contribution in [2.75, 3.05) is 27.2 Å². The third kappa shape index (κ3) is 10.2. The number of nitrogens with zero attached hydrogens (tertiary/aromatic N) is 2. The van der Waals surface area contributed by atoms with Gasteiger partial charge >= 0.3 is 0 Å². The molecule has 1 amide bonds. The summed E-state index contributed by atoms with van der Waals surface area (Å²) < 4.78 is 0. The highest BCUT2D eigenvalue weighted by Crippen LogP contribution is 2.27. The predicted octanol–water partition coefficient (Wildman–Crippen LogP) is 3.16. The molecule has 0 bridgehead atoms. The number of carbonyl (C=O) groups is 1. The molecular weight excluding hydrogens is 415 g/mol. The summed E-state index contributed by atoms with van der Waals surface area (Å²) in [5.41, 5.74) is 0. The van der Waals surface area contributed by atoms with Gasteiger partial charge in [0.05, 0.1) is 0 Å². The first-order valence-corrected chi connectivity index (χ1v) is 8.88. The van der Waals surface area contributed by atoms with Crippen molar-refractivity contribution in [1.29, 1.82) is 0 Å². The summed E-state index contributed by atoms with van der Waals surface area (Å²) in [5.74, 6) is 1.58. The topological polar surface area (TPSA) is 56.7 Å². The van der Waals surface area contributed by atoms with Crippen LogP contribution in [0.4, 0.5) is 0 Å². The quantitative estimate of drug-likeness (QED) is 0.259. The number of aliphatic imine (C=N–C) groups is 1. The Balaban J connectivity index is 0.00000529. The van der Waals surface area contributed by atoms with E-state index in [1.807, 2.05) is 0 Å². The van der Waals surface area contributed by atoms with Crippen LogP contribution in [0.25, 0.3) is 0 Å². The largest absolute Gasteiger partial charge is 0.354 e. The SMILES string of the molecule is C=CCNC(=NCC(=O)N(C)C)NC(C)CCC1CCCCC1.I. The van der Waals surface area contributed by atoms with Crippen LogP contribution in [-0.4, -0.2) is 50.0 Å². The zero-order valence-corrected chi connectivity index (χ0v) is 17.8. The normalized spacial score (nSPS) is 16.7. The van der Waals surface area contributed by atoms with Crippen LogP contribution in [0.15, 0.2) is 17.6 Å². The van der Waals surface area contributed by atoms with Gasteiger partial charge in [-0.3, -0.25) is 4.79 Å². The zero-order chi connectivity index (χ0) is 17.1. The summed E-state index contributed by atoms with van der Waals surface area (Å²) in [4.78, 5) is 17.6. The molecule has 2 N–H and O–H groups in total. The molecule has 0 spiro atoms. The van der Waals surface area contributed by atoms with Gasteiger partial charge in [-0.05, 0) is 25.7 Å². The maximum absolute atomic E-state index is 11.7. The van der Waals surface area contributed by atoms with Crippen molar-refractivity contribution in [2.45, 2.75) is 57.9 Å². The molecule has 0 aliphatic heterocycles. The molecule has 1 rings (SSSR count). The molecular formula is C18H35IN4O. The van der Waals surface area contributed by atoms with Crippen LogP contribution in [0.1, 0.15) is 51.9 Å². The smallest absolute Gasteiger partial charge is 0.243 e. The second-order valence-electron chi connectivity index (χ2n) is 6.75. The first-order chi connectivity index (χ1) is 11.0. The van der Waals surface area contributed by atoms with Gasteiger partial charge < -0.3 is 15.5 Å². The van der Waals surface area contributed by atoms with E-state index in [9.17, 15) is 4.79 Å². The van der Waals surface area contributed by atoms with Crippen molar-refractivity contribution in [2.24, 2.45) is 10.9 Å². The van der Waals surface area contributed by atoms with E-state index in [0.29, 0.717) is 18.5 Å². The summed E-state index contributed by atoms with van der Waals surface area (Å²) >= 11 is 0. The molecule has 0 saturated heterocycles. The highest BCUT2D eigenvalue weighted by Gasteiger charge is 2.15. The van der Waals surface area contributed by atoms with E-state index in [0.717, 1.165) is 12.3 Å². The number of carbonyl (C=O) groups excluding carboxylic acids is 1. The summed E-state index contributed by atoms with van der Waals surface area (Å²) in [7, 11) is 3.49. The van der Waals surface area contributed by atoms with Crippen molar-refractivity contribution in [3.63, 3.8) is 0 Å². The van der Waals surface area contributed by atoms with Gasteiger partial charge in [0.15, 0.2) is 5.96 Å². The Morgan fingerprint density at radius 2 is 2.00 bits per heavy atom. The van der Waals surface area contributed by atoms with Crippen molar-refractivity contribution in [1.82, 2.24) is 15.5 Å². The predicted molar refractivity (Wildman–Crippen MR) is 113 cm³/mol. The molecule has 0 aromatic heterocycles. The Labute approximate surface area is 164 Å². The van der Waals surface area contributed by atoms with Crippen molar-refractivity contribution >= 4 is 35.8 Å². The maximum Gasteiger partial charge on any atom is 0.243 e. The Hall–Kier alpha value is -0.790. The second kappa shape index (κ2) is 13.5. The van der Waals surface area contributed by atoms with Crippen LogP contribution in [0, 0.1) is 5.92 Å². The lowest BCUT2D eigenvalue weighted by Gasteiger charge is -2.24. The molecule has 1 saturated carbocycles. The molecule has 6 heteroatoms. The van der Waals surface area contributed by atoms with Gasteiger partial charge in [-0.15, -0.1) is 30.6 Å². The average Bonchev–Trinajstić information content (AvgIpc) is 2.55. The Bertz CT molecular complexity index is 392. The average molecular weight is 450 g/mol. The van der Waals surface area contributed by atoms with Gasteiger partial charge in [0.2, 0.25) is 5.91 Å². The minimum atomic E-state index is -0.000406. The molecule has 1 atom stereocenters. The van der Waals surface area contributed by atoms with Gasteiger partial charge in [0, 0.05) is 26.7 Å². The van der Waals surface area contributed by atoms with E-state index in [1.54, 1.807) is 25.1 Å². The second-order valence-corrected chi connectivity index (χ2v) is 6.75. The highest BCUT2D eigenvalue weighted by atomic mass is 127. The number of hydrogen-bond acceptors (Lipinski definition) is 2. The molecule has 0 radical (unpaired) electrons. The van der Waals surface area contributed by atoms with Crippen molar-refractivity contribution in [3.8, 4) is 0 Å². The first-order valence-electron chi connectivity index (χ1n) is 8.88. The van der Waals surface area contributed by atoms with E-state index in [-0.39, 0.29) is 36.4 Å². The van der Waals surface area contributed by atoms with E-state index >= 15 is 0 Å². The number of halogens is 1. The van der Waals surface area contributed by atoms with Gasteiger partial charge in [0.1, 0.15) is 6.54 Å². The Morgan fingerprint density at radius 3 is 2.58 bits per heavy atom. The fraction of sp³-hybridized carbons (Fsp3) is 0.778. The van der Waals surface area contributed by atoms with Crippen molar-refractivity contribution in [3.05, 3.63) is 12.7 Å². The lowest BCUT2D eigenvalue weighted by Crippen LogP contribution is -2.43. The van der Waals surface area contributed by atoms with Gasteiger partial charge in [-0.25, -0.2) is 4.99 Å². The van der Waals surface area contributed by atoms with E-state index in [1.165, 1.54) is 38.5 Å². The minimum absolute atomic E-state index is 0. The van der Waals surface area contributed by atoms with E-state index in [2.05, 4.69) is 29.1 Å². The fourth-order valence-electron chi connectivity index (χ4n) is 2.88. The number of nitrogens with one attached hydrogen (secondary N) is 2. The number of rotatable bonds is 8. The van der Waals surface area contributed by atoms with Crippen LogP contribution in [0.5, 0.6) is 0 Å². The Morgan fingerprint density at radius 1 is 1.33 bits per heavy atom. The van der Waals surface area contributed by atoms with Crippen molar-refractivity contribution < 1.29 is 4.79 Å². The molecule has 0 aromatic carbocycles. The van der Waals surface area contributed by atoms with Gasteiger partial charge in [-0.2, -0.15) is 0 Å². The highest BCUT2D eigenvalue weighted by molar-refractivity contribution is 14.0. The summed E-state index contributed by atoms with van der Waals surface area (Å²) in [6.45, 7) is 6.69. The third-order valence-electron chi connectivity index (χ3n) is 4.40. The third-order valence-corrected chi connectivity index (χ3v) is 4.40. The lowest BCUT2D eigenvalue weighted by molar-refractivity contribution is -0.127. The van der Waals surface area contributed by atoms with Crippen LogP contribution >= 0.6 is 24.0 Å². The molecule has 0 heterocycles. The maximum atomic E-state index is 11.7. The Kier molecular flexibility index (Phi) is 13.1. The summed E-state index contributed by atoms with van der Waals surface area (Å²) in [5, 5.41) is 6.59.